The quantitative estimate of drug-likeness (QED) is 0.437. The summed E-state index contributed by atoms with van der Waals surface area (Å²) in [5.74, 6) is 3.35. The van der Waals surface area contributed by atoms with Gasteiger partial charge in [-0.3, -0.25) is 0 Å². The van der Waals surface area contributed by atoms with E-state index < -0.39 is 0 Å². The Hall–Kier alpha value is -1.59. The van der Waals surface area contributed by atoms with Gasteiger partial charge in [0.25, 0.3) is 0 Å². The van der Waals surface area contributed by atoms with Crippen LogP contribution in [0.15, 0.2) is 4.99 Å². The van der Waals surface area contributed by atoms with Gasteiger partial charge in [-0.05, 0) is 25.7 Å². The third-order valence-corrected chi connectivity index (χ3v) is 3.40. The van der Waals surface area contributed by atoms with Gasteiger partial charge in [-0.2, -0.15) is 0 Å². The van der Waals surface area contributed by atoms with Gasteiger partial charge in [0.05, 0.1) is 0 Å². The first kappa shape index (κ1) is 17.5. The van der Waals surface area contributed by atoms with Crippen LogP contribution in [-0.4, -0.2) is 33.8 Å². The number of rotatable bonds is 8. The summed E-state index contributed by atoms with van der Waals surface area (Å²) in [7, 11) is 1.97. The van der Waals surface area contributed by atoms with Crippen molar-refractivity contribution < 1.29 is 0 Å². The molecule has 0 unspecified atom stereocenters. The van der Waals surface area contributed by atoms with Crippen LogP contribution in [0.5, 0.6) is 0 Å². The van der Waals surface area contributed by atoms with Crippen LogP contribution in [0, 0.1) is 12.8 Å². The zero-order valence-electron chi connectivity index (χ0n) is 14.1. The van der Waals surface area contributed by atoms with E-state index in [-0.39, 0.29) is 0 Å². The minimum Gasteiger partial charge on any atom is -0.356 e. The van der Waals surface area contributed by atoms with Crippen molar-refractivity contribution >= 4 is 5.96 Å². The number of hydrogen-bond donors (Lipinski definition) is 2. The molecule has 0 radical (unpaired) electrons. The highest BCUT2D eigenvalue weighted by Gasteiger charge is 2.05. The molecular weight excluding hydrogens is 264 g/mol. The third-order valence-electron chi connectivity index (χ3n) is 3.40. The lowest BCUT2D eigenvalue weighted by atomic mass is 10.1. The maximum atomic E-state index is 4.61. The van der Waals surface area contributed by atoms with Crippen molar-refractivity contribution in [2.24, 2.45) is 18.0 Å². The highest BCUT2D eigenvalue weighted by molar-refractivity contribution is 5.79. The number of unbranched alkanes of at least 4 members (excludes halogenated alkanes) is 1. The van der Waals surface area contributed by atoms with E-state index in [1.54, 1.807) is 0 Å². The second-order valence-corrected chi connectivity index (χ2v) is 5.78. The van der Waals surface area contributed by atoms with Gasteiger partial charge in [-0.15, -0.1) is 10.2 Å². The number of aromatic nitrogens is 3. The average molecular weight is 294 g/mol. The van der Waals surface area contributed by atoms with Gasteiger partial charge in [-0.1, -0.05) is 27.2 Å². The number of aliphatic imine (C=N–C) groups is 1. The summed E-state index contributed by atoms with van der Waals surface area (Å²) in [4.78, 5) is 4.61. The number of nitrogens with one attached hydrogen (secondary N) is 2. The van der Waals surface area contributed by atoms with Gasteiger partial charge in [0.15, 0.2) is 11.8 Å². The van der Waals surface area contributed by atoms with Crippen molar-refractivity contribution in [1.82, 2.24) is 25.4 Å². The molecule has 120 valence electrons. The largest absolute Gasteiger partial charge is 0.356 e. The average Bonchev–Trinajstić information content (AvgIpc) is 2.75. The number of nitrogens with zero attached hydrogens (tertiary/aromatic N) is 4. The van der Waals surface area contributed by atoms with Crippen molar-refractivity contribution in [2.45, 2.75) is 53.5 Å². The molecule has 1 rings (SSSR count). The summed E-state index contributed by atoms with van der Waals surface area (Å²) in [5, 5.41) is 15.0. The fourth-order valence-corrected chi connectivity index (χ4v) is 1.78. The zero-order chi connectivity index (χ0) is 15.7. The monoisotopic (exact) mass is 294 g/mol. The first-order chi connectivity index (χ1) is 10.0. The summed E-state index contributed by atoms with van der Waals surface area (Å²) in [6, 6.07) is 0. The second kappa shape index (κ2) is 9.37. The fraction of sp³-hybridized carbons (Fsp3) is 0.800. The van der Waals surface area contributed by atoms with Crippen molar-refractivity contribution in [1.29, 1.82) is 0 Å². The normalized spacial score (nSPS) is 12.0. The first-order valence-electron chi connectivity index (χ1n) is 7.91. The lowest BCUT2D eigenvalue weighted by molar-refractivity contribution is 0.572. The Morgan fingerprint density at radius 2 is 1.95 bits per heavy atom. The molecule has 1 aromatic rings. The zero-order valence-corrected chi connectivity index (χ0v) is 14.1. The molecule has 0 aliphatic rings. The van der Waals surface area contributed by atoms with Gasteiger partial charge < -0.3 is 15.2 Å². The maximum Gasteiger partial charge on any atom is 0.191 e. The molecule has 2 N–H and O–H groups in total. The summed E-state index contributed by atoms with van der Waals surface area (Å²) < 4.78 is 1.97. The number of aryl methyl sites for hydroxylation is 1. The molecule has 0 aromatic carbocycles. The number of hydrogen-bond acceptors (Lipinski definition) is 3. The van der Waals surface area contributed by atoms with E-state index in [4.69, 9.17) is 0 Å². The van der Waals surface area contributed by atoms with E-state index in [2.05, 4.69) is 46.6 Å². The van der Waals surface area contributed by atoms with Crippen LogP contribution >= 0.6 is 0 Å². The van der Waals surface area contributed by atoms with Crippen molar-refractivity contribution in [3.8, 4) is 0 Å². The Labute approximate surface area is 128 Å². The molecule has 6 heteroatoms. The molecule has 0 fully saturated rings. The highest BCUT2D eigenvalue weighted by atomic mass is 15.3. The summed E-state index contributed by atoms with van der Waals surface area (Å²) in [6.45, 7) is 11.0. The van der Waals surface area contributed by atoms with Gasteiger partial charge >= 0.3 is 0 Å². The van der Waals surface area contributed by atoms with Crippen molar-refractivity contribution in [3.05, 3.63) is 11.6 Å². The number of guanidine groups is 1. The van der Waals surface area contributed by atoms with E-state index in [0.29, 0.717) is 12.5 Å². The van der Waals surface area contributed by atoms with Gasteiger partial charge in [0.2, 0.25) is 0 Å². The van der Waals surface area contributed by atoms with E-state index in [1.165, 1.54) is 6.42 Å². The van der Waals surface area contributed by atoms with E-state index in [0.717, 1.165) is 43.5 Å². The Balaban J connectivity index is 2.56. The molecule has 0 aliphatic heterocycles. The topological polar surface area (TPSA) is 67.1 Å². The van der Waals surface area contributed by atoms with Crippen LogP contribution in [0.3, 0.4) is 0 Å². The highest BCUT2D eigenvalue weighted by Crippen LogP contribution is 2.00. The molecule has 21 heavy (non-hydrogen) atoms. The molecule has 0 spiro atoms. The molecular formula is C15H30N6. The summed E-state index contributed by atoms with van der Waals surface area (Å²) in [5.41, 5.74) is 0. The lowest BCUT2D eigenvalue weighted by Crippen LogP contribution is -2.38. The van der Waals surface area contributed by atoms with E-state index in [1.807, 2.05) is 18.5 Å². The molecule has 0 amide bonds. The molecule has 1 aromatic heterocycles. The van der Waals surface area contributed by atoms with Crippen molar-refractivity contribution in [2.75, 3.05) is 13.1 Å². The third kappa shape index (κ3) is 6.60. The second-order valence-electron chi connectivity index (χ2n) is 5.78. The molecule has 0 aliphatic carbocycles. The van der Waals surface area contributed by atoms with Crippen LogP contribution in [0.2, 0.25) is 0 Å². The predicted molar refractivity (Wildman–Crippen MR) is 87.2 cm³/mol. The summed E-state index contributed by atoms with van der Waals surface area (Å²) in [6.07, 6.45) is 3.46. The minimum atomic E-state index is 0.542. The Bertz CT molecular complexity index is 435. The van der Waals surface area contributed by atoms with Gasteiger partial charge in [0.1, 0.15) is 12.4 Å². The van der Waals surface area contributed by atoms with Crippen molar-refractivity contribution in [3.63, 3.8) is 0 Å². The minimum absolute atomic E-state index is 0.542. The lowest BCUT2D eigenvalue weighted by Gasteiger charge is -2.13. The first-order valence-corrected chi connectivity index (χ1v) is 7.91. The van der Waals surface area contributed by atoms with Crippen LogP contribution < -0.4 is 10.6 Å². The van der Waals surface area contributed by atoms with Crippen LogP contribution in [0.4, 0.5) is 0 Å². The smallest absolute Gasteiger partial charge is 0.191 e. The molecule has 6 nitrogen and oxygen atoms in total. The molecule has 0 bridgehead atoms. The molecule has 0 saturated carbocycles. The van der Waals surface area contributed by atoms with Crippen LogP contribution in [0.1, 0.15) is 51.7 Å². The van der Waals surface area contributed by atoms with Gasteiger partial charge in [0, 0.05) is 20.1 Å². The molecule has 0 saturated heterocycles. The molecule has 0 atom stereocenters. The maximum absolute atomic E-state index is 4.61. The molecule has 1 heterocycles. The van der Waals surface area contributed by atoms with Gasteiger partial charge in [-0.25, -0.2) is 4.99 Å². The van der Waals surface area contributed by atoms with Crippen LogP contribution in [0.25, 0.3) is 0 Å². The predicted octanol–water partition coefficient (Wildman–Crippen LogP) is 2.00. The Morgan fingerprint density at radius 1 is 1.24 bits per heavy atom. The Morgan fingerprint density at radius 3 is 2.52 bits per heavy atom. The van der Waals surface area contributed by atoms with Crippen LogP contribution in [-0.2, 0) is 13.6 Å². The standard InChI is InChI=1S/C15H30N6/c1-6-7-9-16-15(17-10-8-12(2)3)18-11-14-20-19-13(4)21(14)5/h12H,6-11H2,1-5H3,(H2,16,17,18). The van der Waals surface area contributed by atoms with E-state index >= 15 is 0 Å². The fourth-order valence-electron chi connectivity index (χ4n) is 1.78. The SMILES string of the molecule is CCCCNC(=NCc1nnc(C)n1C)NCCC(C)C. The summed E-state index contributed by atoms with van der Waals surface area (Å²) >= 11 is 0. The Kier molecular flexibility index (Phi) is 7.79. The van der Waals surface area contributed by atoms with E-state index in [9.17, 15) is 0 Å².